The van der Waals surface area contributed by atoms with Gasteiger partial charge in [0.2, 0.25) is 15.9 Å². The van der Waals surface area contributed by atoms with E-state index in [0.29, 0.717) is 80.2 Å². The summed E-state index contributed by atoms with van der Waals surface area (Å²) >= 11 is 0. The van der Waals surface area contributed by atoms with Crippen molar-refractivity contribution in [3.63, 3.8) is 0 Å². The molecule has 3 N–H and O–H groups in total. The van der Waals surface area contributed by atoms with Crippen molar-refractivity contribution >= 4 is 27.0 Å². The van der Waals surface area contributed by atoms with Gasteiger partial charge >= 0.3 is 0 Å². The van der Waals surface area contributed by atoms with E-state index in [1.54, 1.807) is 18.6 Å². The van der Waals surface area contributed by atoms with Crippen molar-refractivity contribution in [2.24, 2.45) is 7.05 Å². The second-order valence-corrected chi connectivity index (χ2v) is 11.3. The van der Waals surface area contributed by atoms with Gasteiger partial charge in [-0.1, -0.05) is 13.3 Å². The van der Waals surface area contributed by atoms with Crippen molar-refractivity contribution in [1.82, 2.24) is 34.4 Å². The van der Waals surface area contributed by atoms with Crippen LogP contribution in [0.15, 0.2) is 27.9 Å². The van der Waals surface area contributed by atoms with Crippen molar-refractivity contribution < 1.29 is 23.2 Å². The Morgan fingerprint density at radius 2 is 1.95 bits per heavy atom. The maximum absolute atomic E-state index is 13.6. The van der Waals surface area contributed by atoms with Gasteiger partial charge in [-0.05, 0) is 44.5 Å². The minimum absolute atomic E-state index is 0.0803. The molecule has 1 aliphatic rings. The van der Waals surface area contributed by atoms with Crippen LogP contribution in [0.1, 0.15) is 38.8 Å². The second-order valence-electron chi connectivity index (χ2n) is 9.41. The van der Waals surface area contributed by atoms with E-state index < -0.39 is 15.9 Å². The highest BCUT2D eigenvalue weighted by Crippen LogP contribution is 2.32. The smallest absolute Gasteiger partial charge is 0.277 e. The van der Waals surface area contributed by atoms with Gasteiger partial charge in [0.1, 0.15) is 17.1 Å². The molecular formula is C25H35N7O6S. The van der Waals surface area contributed by atoms with Crippen molar-refractivity contribution in [2.75, 3.05) is 39.3 Å². The predicted octanol–water partition coefficient (Wildman–Crippen LogP) is 1.27. The Morgan fingerprint density at radius 1 is 1.21 bits per heavy atom. The first-order chi connectivity index (χ1) is 18.7. The molecule has 212 valence electrons. The van der Waals surface area contributed by atoms with Crippen LogP contribution < -0.4 is 15.8 Å². The second kappa shape index (κ2) is 12.2. The third kappa shape index (κ3) is 6.13. The molecule has 3 heterocycles. The Morgan fingerprint density at radius 3 is 2.62 bits per heavy atom. The fourth-order valence-corrected chi connectivity index (χ4v) is 6.23. The van der Waals surface area contributed by atoms with E-state index in [1.165, 1.54) is 21.1 Å². The first kappa shape index (κ1) is 28.7. The monoisotopic (exact) mass is 561 g/mol. The number of nitrogens with zero attached hydrogens (tertiary/aromatic N) is 5. The highest BCUT2D eigenvalue weighted by Gasteiger charge is 2.29. The zero-order valence-electron chi connectivity index (χ0n) is 22.4. The lowest BCUT2D eigenvalue weighted by molar-refractivity contribution is -0.129. The third-order valence-electron chi connectivity index (χ3n) is 6.73. The molecule has 14 heteroatoms. The van der Waals surface area contributed by atoms with Crippen LogP contribution in [0.3, 0.4) is 0 Å². The average molecular weight is 562 g/mol. The molecule has 0 saturated carbocycles. The van der Waals surface area contributed by atoms with Gasteiger partial charge in [-0.25, -0.2) is 18.9 Å². The number of amides is 1. The molecule has 0 bridgehead atoms. The van der Waals surface area contributed by atoms with Crippen LogP contribution in [0.4, 0.5) is 0 Å². The van der Waals surface area contributed by atoms with Crippen molar-refractivity contribution in [1.29, 1.82) is 0 Å². The Hall–Kier alpha value is -3.33. The Bertz CT molecular complexity index is 1490. The van der Waals surface area contributed by atoms with Gasteiger partial charge < -0.3 is 14.6 Å². The number of aromatic amines is 1. The number of hydrogen-bond donors (Lipinski definition) is 3. The molecule has 3 aromatic rings. The standard InChI is InChI=1S/C25H35N7O6S/c1-4-7-19-22-23(30(3)28-19)25(34)27-24(26-22)18-16-17(9-10-20(18)38-5-2)39(36,37)32-14-12-31(13-15-32)11-6-8-21(33)29-35/h9-10,16,35H,4-8,11-15H2,1-3H3,(H,29,33)(H,26,27,34). The molecule has 0 radical (unpaired) electrons. The maximum atomic E-state index is 13.6. The molecule has 1 aromatic carbocycles. The zero-order chi connectivity index (χ0) is 28.2. The molecule has 13 nitrogen and oxygen atoms in total. The van der Waals surface area contributed by atoms with E-state index >= 15 is 0 Å². The quantitative estimate of drug-likeness (QED) is 0.231. The molecule has 0 atom stereocenters. The zero-order valence-corrected chi connectivity index (χ0v) is 23.3. The summed E-state index contributed by atoms with van der Waals surface area (Å²) in [6.45, 7) is 6.47. The van der Waals surface area contributed by atoms with E-state index in [2.05, 4.69) is 15.0 Å². The summed E-state index contributed by atoms with van der Waals surface area (Å²) < 4.78 is 35.9. The van der Waals surface area contributed by atoms with Gasteiger partial charge in [-0.15, -0.1) is 0 Å². The van der Waals surface area contributed by atoms with Crippen LogP contribution in [0.25, 0.3) is 22.4 Å². The van der Waals surface area contributed by atoms with Gasteiger partial charge in [0.05, 0.1) is 22.8 Å². The fourth-order valence-electron chi connectivity index (χ4n) is 4.78. The minimum atomic E-state index is -3.83. The number of rotatable bonds is 11. The fraction of sp³-hybridized carbons (Fsp3) is 0.520. The lowest BCUT2D eigenvalue weighted by Crippen LogP contribution is -2.48. The number of aryl methyl sites for hydroxylation is 2. The number of nitrogens with one attached hydrogen (secondary N) is 2. The average Bonchev–Trinajstić information content (AvgIpc) is 3.24. The first-order valence-corrected chi connectivity index (χ1v) is 14.5. The number of aromatic nitrogens is 4. The normalized spacial score (nSPS) is 15.1. The number of benzene rings is 1. The highest BCUT2D eigenvalue weighted by atomic mass is 32.2. The molecule has 0 unspecified atom stereocenters. The molecule has 39 heavy (non-hydrogen) atoms. The summed E-state index contributed by atoms with van der Waals surface area (Å²) in [4.78, 5) is 33.9. The topological polar surface area (TPSA) is 163 Å². The number of ether oxygens (including phenoxy) is 1. The molecule has 1 saturated heterocycles. The molecular weight excluding hydrogens is 526 g/mol. The lowest BCUT2D eigenvalue weighted by Gasteiger charge is -2.34. The molecule has 4 rings (SSSR count). The Kier molecular flexibility index (Phi) is 9.00. The van der Waals surface area contributed by atoms with Crippen LogP contribution >= 0.6 is 0 Å². The molecule has 1 amide bonds. The summed E-state index contributed by atoms with van der Waals surface area (Å²) in [5, 5.41) is 13.1. The van der Waals surface area contributed by atoms with Crippen molar-refractivity contribution in [2.45, 2.75) is 44.4 Å². The lowest BCUT2D eigenvalue weighted by atomic mass is 10.1. The number of fused-ring (bicyclic) bond motifs is 1. The van der Waals surface area contributed by atoms with Crippen molar-refractivity contribution in [3.05, 3.63) is 34.2 Å². The summed E-state index contributed by atoms with van der Waals surface area (Å²) in [6, 6.07) is 4.60. The minimum Gasteiger partial charge on any atom is -0.493 e. The van der Waals surface area contributed by atoms with Gasteiger partial charge in [-0.2, -0.15) is 9.40 Å². The number of hydrogen-bond acceptors (Lipinski definition) is 9. The van der Waals surface area contributed by atoms with E-state index in [9.17, 15) is 18.0 Å². The van der Waals surface area contributed by atoms with Gasteiger partial charge in [0, 0.05) is 39.6 Å². The molecule has 2 aromatic heterocycles. The highest BCUT2D eigenvalue weighted by molar-refractivity contribution is 7.89. The van der Waals surface area contributed by atoms with Gasteiger partial charge in [0.25, 0.3) is 5.56 Å². The number of carbonyl (C=O) groups excluding carboxylic acids is 1. The molecule has 0 aliphatic carbocycles. The molecule has 0 spiro atoms. The van der Waals surface area contributed by atoms with Gasteiger partial charge in [-0.3, -0.25) is 19.5 Å². The number of sulfonamides is 1. The largest absolute Gasteiger partial charge is 0.493 e. The van der Waals surface area contributed by atoms with E-state index in [0.717, 1.165) is 6.42 Å². The van der Waals surface area contributed by atoms with Crippen LogP contribution in [-0.4, -0.2) is 87.8 Å². The third-order valence-corrected chi connectivity index (χ3v) is 8.62. The van der Waals surface area contributed by atoms with Gasteiger partial charge in [0.15, 0.2) is 5.52 Å². The van der Waals surface area contributed by atoms with Crippen LogP contribution in [0.5, 0.6) is 5.75 Å². The van der Waals surface area contributed by atoms with Crippen LogP contribution in [0.2, 0.25) is 0 Å². The Balaban J connectivity index is 1.62. The molecule has 1 fully saturated rings. The summed E-state index contributed by atoms with van der Waals surface area (Å²) in [5.74, 6) is 0.189. The van der Waals surface area contributed by atoms with Crippen LogP contribution in [0, 0.1) is 0 Å². The number of carbonyl (C=O) groups is 1. The Labute approximate surface area is 226 Å². The summed E-state index contributed by atoms with van der Waals surface area (Å²) in [5.41, 5.74) is 3.18. The summed E-state index contributed by atoms with van der Waals surface area (Å²) in [6.07, 6.45) is 2.25. The predicted molar refractivity (Wildman–Crippen MR) is 144 cm³/mol. The number of H-pyrrole nitrogens is 1. The SMILES string of the molecule is CCCc1nn(C)c2c(=O)[nH]c(-c3cc(S(=O)(=O)N4CCN(CCCC(=O)NO)CC4)ccc3OCC)nc12. The number of piperazine rings is 1. The number of hydroxylamine groups is 1. The van der Waals surface area contributed by atoms with E-state index in [4.69, 9.17) is 14.9 Å². The van der Waals surface area contributed by atoms with Crippen LogP contribution in [-0.2, 0) is 28.3 Å². The van der Waals surface area contributed by atoms with E-state index in [1.807, 2.05) is 13.8 Å². The first-order valence-electron chi connectivity index (χ1n) is 13.1. The maximum Gasteiger partial charge on any atom is 0.277 e. The van der Waals surface area contributed by atoms with Crippen molar-refractivity contribution in [3.8, 4) is 17.1 Å². The summed E-state index contributed by atoms with van der Waals surface area (Å²) in [7, 11) is -2.14. The van der Waals surface area contributed by atoms with E-state index in [-0.39, 0.29) is 22.7 Å². The molecule has 1 aliphatic heterocycles.